The minimum absolute atomic E-state index is 0.154. The molecule has 1 aliphatic carbocycles. The number of ketones is 1. The van der Waals surface area contributed by atoms with Crippen LogP contribution >= 0.6 is 0 Å². The molecule has 0 spiro atoms. The molecular formula is C13H13NO. The van der Waals surface area contributed by atoms with E-state index >= 15 is 0 Å². The average molecular weight is 199 g/mol. The van der Waals surface area contributed by atoms with E-state index in [2.05, 4.69) is 24.0 Å². The maximum Gasteiger partial charge on any atom is 0.140 e. The van der Waals surface area contributed by atoms with Crippen molar-refractivity contribution < 1.29 is 4.79 Å². The fraction of sp³-hybridized carbons (Fsp3) is 0.308. The second-order valence-corrected chi connectivity index (χ2v) is 4.27. The second kappa shape index (κ2) is 2.96. The van der Waals surface area contributed by atoms with Crippen LogP contribution in [0.25, 0.3) is 10.9 Å². The maximum atomic E-state index is 11.5. The molecule has 1 atom stereocenters. The van der Waals surface area contributed by atoms with Gasteiger partial charge in [-0.2, -0.15) is 0 Å². The first kappa shape index (κ1) is 8.72. The summed E-state index contributed by atoms with van der Waals surface area (Å²) >= 11 is 0. The van der Waals surface area contributed by atoms with Crippen molar-refractivity contribution in [3.05, 3.63) is 35.5 Å². The van der Waals surface area contributed by atoms with E-state index in [4.69, 9.17) is 0 Å². The van der Waals surface area contributed by atoms with Crippen LogP contribution in [0.5, 0.6) is 0 Å². The van der Waals surface area contributed by atoms with Crippen LogP contribution in [0.1, 0.15) is 30.0 Å². The number of para-hydroxylation sites is 1. The molecule has 1 unspecified atom stereocenters. The van der Waals surface area contributed by atoms with E-state index in [1.807, 2.05) is 12.1 Å². The lowest BCUT2D eigenvalue weighted by Crippen LogP contribution is -2.23. The molecule has 1 aromatic carbocycles. The number of nitrogens with one attached hydrogen (secondary N) is 1. The highest BCUT2D eigenvalue weighted by Crippen LogP contribution is 2.38. The Balaban J connectivity index is 2.24. The summed E-state index contributed by atoms with van der Waals surface area (Å²) in [6.07, 6.45) is 1.77. The third-order valence-corrected chi connectivity index (χ3v) is 3.36. The summed E-state index contributed by atoms with van der Waals surface area (Å²) in [5.74, 6) is 0.545. The number of aryl methyl sites for hydroxylation is 1. The van der Waals surface area contributed by atoms with Gasteiger partial charge in [0.05, 0.1) is 0 Å². The summed E-state index contributed by atoms with van der Waals surface area (Å²) in [5.41, 5.74) is 3.51. The number of aromatic amines is 1. The van der Waals surface area contributed by atoms with E-state index < -0.39 is 0 Å². The number of carbonyl (C=O) groups excluding carboxylic acids is 1. The number of Topliss-reactive ketones (excluding diaryl/α,β-unsaturated/α-hetero) is 1. The van der Waals surface area contributed by atoms with Crippen LogP contribution in [0.15, 0.2) is 24.3 Å². The molecule has 2 nitrogen and oxygen atoms in total. The molecule has 76 valence electrons. The minimum atomic E-state index is 0.154. The van der Waals surface area contributed by atoms with Gasteiger partial charge in [-0.05, 0) is 25.0 Å². The van der Waals surface area contributed by atoms with Gasteiger partial charge in [0.1, 0.15) is 5.78 Å². The molecule has 0 radical (unpaired) electrons. The monoisotopic (exact) mass is 199 g/mol. The molecule has 1 aliphatic rings. The number of carbonyl (C=O) groups is 1. The van der Waals surface area contributed by atoms with Gasteiger partial charge >= 0.3 is 0 Å². The van der Waals surface area contributed by atoms with Crippen molar-refractivity contribution >= 4 is 16.7 Å². The van der Waals surface area contributed by atoms with Crippen LogP contribution in [0, 0.1) is 6.92 Å². The largest absolute Gasteiger partial charge is 0.358 e. The predicted octanol–water partition coefficient (Wildman–Crippen LogP) is 2.92. The summed E-state index contributed by atoms with van der Waals surface area (Å²) in [6.45, 7) is 2.06. The van der Waals surface area contributed by atoms with Gasteiger partial charge < -0.3 is 4.98 Å². The van der Waals surface area contributed by atoms with Crippen LogP contribution in [-0.2, 0) is 4.79 Å². The Morgan fingerprint density at radius 2 is 2.13 bits per heavy atom. The second-order valence-electron chi connectivity index (χ2n) is 4.27. The van der Waals surface area contributed by atoms with Crippen LogP contribution in [0.3, 0.4) is 0 Å². The van der Waals surface area contributed by atoms with E-state index in [9.17, 15) is 4.79 Å². The van der Waals surface area contributed by atoms with Crippen molar-refractivity contribution in [2.24, 2.45) is 0 Å². The zero-order valence-electron chi connectivity index (χ0n) is 8.71. The third-order valence-electron chi connectivity index (χ3n) is 3.36. The highest BCUT2D eigenvalue weighted by atomic mass is 16.1. The van der Waals surface area contributed by atoms with Gasteiger partial charge in [-0.3, -0.25) is 4.79 Å². The highest BCUT2D eigenvalue weighted by Gasteiger charge is 2.32. The number of H-pyrrole nitrogens is 1. The molecule has 0 amide bonds. The lowest BCUT2D eigenvalue weighted by atomic mass is 9.77. The Morgan fingerprint density at radius 3 is 2.80 bits per heavy atom. The lowest BCUT2D eigenvalue weighted by molar-refractivity contribution is -0.125. The van der Waals surface area contributed by atoms with E-state index in [-0.39, 0.29) is 5.92 Å². The Bertz CT molecular complexity index is 538. The maximum absolute atomic E-state index is 11.5. The number of aromatic nitrogens is 1. The Morgan fingerprint density at radius 1 is 1.33 bits per heavy atom. The molecule has 3 rings (SSSR count). The molecule has 1 saturated carbocycles. The first-order valence-electron chi connectivity index (χ1n) is 5.37. The quantitative estimate of drug-likeness (QED) is 0.752. The molecular weight excluding hydrogens is 186 g/mol. The Kier molecular flexibility index (Phi) is 1.72. The lowest BCUT2D eigenvalue weighted by Gasteiger charge is -2.24. The summed E-state index contributed by atoms with van der Waals surface area (Å²) in [6, 6.07) is 8.21. The summed E-state index contributed by atoms with van der Waals surface area (Å²) in [7, 11) is 0. The van der Waals surface area contributed by atoms with Crippen LogP contribution in [-0.4, -0.2) is 10.8 Å². The van der Waals surface area contributed by atoms with E-state index in [1.165, 1.54) is 10.9 Å². The molecule has 1 N–H and O–H groups in total. The molecule has 2 aromatic rings. The van der Waals surface area contributed by atoms with Crippen LogP contribution in [0.4, 0.5) is 0 Å². The predicted molar refractivity (Wildman–Crippen MR) is 60.0 cm³/mol. The summed E-state index contributed by atoms with van der Waals surface area (Å²) < 4.78 is 0. The van der Waals surface area contributed by atoms with Gasteiger partial charge in [0, 0.05) is 28.9 Å². The van der Waals surface area contributed by atoms with Gasteiger partial charge in [0.15, 0.2) is 0 Å². The molecule has 0 aliphatic heterocycles. The zero-order valence-corrected chi connectivity index (χ0v) is 8.71. The summed E-state index contributed by atoms with van der Waals surface area (Å²) in [4.78, 5) is 14.9. The molecule has 1 aromatic heterocycles. The molecule has 2 heteroatoms. The number of rotatable bonds is 1. The first-order chi connectivity index (χ1) is 7.27. The number of hydrogen-bond acceptors (Lipinski definition) is 1. The average Bonchev–Trinajstić information content (AvgIpc) is 2.54. The van der Waals surface area contributed by atoms with E-state index in [0.717, 1.165) is 24.1 Å². The molecule has 1 heterocycles. The topological polar surface area (TPSA) is 32.9 Å². The number of fused-ring (bicyclic) bond motifs is 1. The van der Waals surface area contributed by atoms with Crippen molar-refractivity contribution in [3.8, 4) is 0 Å². The van der Waals surface area contributed by atoms with Crippen LogP contribution < -0.4 is 0 Å². The Hall–Kier alpha value is -1.57. The highest BCUT2D eigenvalue weighted by molar-refractivity contribution is 5.97. The van der Waals surface area contributed by atoms with Crippen molar-refractivity contribution in [1.82, 2.24) is 4.98 Å². The van der Waals surface area contributed by atoms with Gasteiger partial charge in [0.25, 0.3) is 0 Å². The third kappa shape index (κ3) is 1.14. The standard InChI is InChI=1S/C13H13NO/c1-8-13(10-6-7-12(10)15)9-4-2-3-5-11(9)14-8/h2-5,10,14H,6-7H2,1H3. The first-order valence-corrected chi connectivity index (χ1v) is 5.37. The molecule has 0 bridgehead atoms. The van der Waals surface area contributed by atoms with Gasteiger partial charge in [-0.1, -0.05) is 18.2 Å². The van der Waals surface area contributed by atoms with Crippen molar-refractivity contribution in [2.75, 3.05) is 0 Å². The van der Waals surface area contributed by atoms with E-state index in [1.54, 1.807) is 0 Å². The minimum Gasteiger partial charge on any atom is -0.358 e. The van der Waals surface area contributed by atoms with E-state index in [0.29, 0.717) is 5.78 Å². The number of benzene rings is 1. The van der Waals surface area contributed by atoms with Gasteiger partial charge in [-0.25, -0.2) is 0 Å². The zero-order chi connectivity index (χ0) is 10.4. The molecule has 1 fully saturated rings. The Labute approximate surface area is 88.3 Å². The fourth-order valence-corrected chi connectivity index (χ4v) is 2.46. The normalized spacial score (nSPS) is 20.6. The van der Waals surface area contributed by atoms with Crippen molar-refractivity contribution in [1.29, 1.82) is 0 Å². The molecule has 15 heavy (non-hydrogen) atoms. The van der Waals surface area contributed by atoms with Gasteiger partial charge in [0.2, 0.25) is 0 Å². The smallest absolute Gasteiger partial charge is 0.140 e. The molecule has 0 saturated heterocycles. The summed E-state index contributed by atoms with van der Waals surface area (Å²) in [5, 5.41) is 1.22. The van der Waals surface area contributed by atoms with Crippen molar-refractivity contribution in [2.45, 2.75) is 25.7 Å². The van der Waals surface area contributed by atoms with Gasteiger partial charge in [-0.15, -0.1) is 0 Å². The SMILES string of the molecule is Cc1[nH]c2ccccc2c1C1CCC1=O. The van der Waals surface area contributed by atoms with Crippen LogP contribution in [0.2, 0.25) is 0 Å². The fourth-order valence-electron chi connectivity index (χ4n) is 2.46. The number of hydrogen-bond donors (Lipinski definition) is 1. The van der Waals surface area contributed by atoms with Crippen molar-refractivity contribution in [3.63, 3.8) is 0 Å².